The van der Waals surface area contributed by atoms with E-state index in [1.807, 2.05) is 0 Å². The van der Waals surface area contributed by atoms with Crippen molar-refractivity contribution in [3.8, 4) is 0 Å². The highest BCUT2D eigenvalue weighted by Gasteiger charge is 1.98. The molecule has 0 aliphatic heterocycles. The monoisotopic (exact) mass is 187 g/mol. The van der Waals surface area contributed by atoms with Gasteiger partial charge in [0.05, 0.1) is 6.42 Å². The summed E-state index contributed by atoms with van der Waals surface area (Å²) in [5.41, 5.74) is 5.41. The lowest BCUT2D eigenvalue weighted by molar-refractivity contribution is -0.254. The Balaban J connectivity index is 0.00000121. The number of rotatable bonds is 2. The van der Waals surface area contributed by atoms with Crippen molar-refractivity contribution in [2.24, 2.45) is 0 Å². The van der Waals surface area contributed by atoms with Crippen LogP contribution in [-0.2, 0) is 11.2 Å². The van der Waals surface area contributed by atoms with Gasteiger partial charge in [0.25, 0.3) is 0 Å². The lowest BCUT2D eigenvalue weighted by atomic mass is 10.1. The largest absolute Gasteiger partial charge is 1.00 e. The molecule has 12 heavy (non-hydrogen) atoms. The van der Waals surface area contributed by atoms with E-state index in [0.717, 1.165) is 11.3 Å². The van der Waals surface area contributed by atoms with Crippen LogP contribution in [0.4, 0.5) is 5.69 Å². The molecule has 0 aromatic heterocycles. The molecule has 3 nitrogen and oxygen atoms in total. The molecule has 0 heterocycles. The first-order valence-corrected chi connectivity index (χ1v) is 3.31. The zero-order valence-corrected chi connectivity index (χ0v) is 7.21. The molecule has 66 valence electrons. The molecule has 1 aromatic rings. The van der Waals surface area contributed by atoms with Crippen LogP contribution in [0.2, 0.25) is 0 Å². The molecule has 0 aliphatic carbocycles. The minimum Gasteiger partial charge on any atom is -1.00 e. The molecule has 1 aromatic carbocycles. The van der Waals surface area contributed by atoms with Crippen molar-refractivity contribution in [3.63, 3.8) is 0 Å². The highest BCUT2D eigenvalue weighted by Crippen LogP contribution is 2.04. The summed E-state index contributed by atoms with van der Waals surface area (Å²) in [7, 11) is 0. The normalized spacial score (nSPS) is 8.75. The number of carbonyl (C=O) groups is 1. The molecule has 0 saturated heterocycles. The van der Waals surface area contributed by atoms with Gasteiger partial charge < -0.3 is 23.2 Å². The average Bonchev–Trinajstić information content (AvgIpc) is 1.93. The molecule has 0 fully saturated rings. The van der Waals surface area contributed by atoms with Crippen molar-refractivity contribution >= 4 is 11.7 Å². The third kappa shape index (κ3) is 3.37. The second-order valence-electron chi connectivity index (χ2n) is 2.39. The first-order chi connectivity index (χ1) is 5.18. The molecule has 0 spiro atoms. The number of carboxylic acids is 1. The lowest BCUT2D eigenvalue weighted by Gasteiger charge is -1.94. The lowest BCUT2D eigenvalue weighted by Crippen LogP contribution is -3.00. The van der Waals surface area contributed by atoms with E-state index in [4.69, 9.17) is 5.11 Å². The van der Waals surface area contributed by atoms with Crippen LogP contribution >= 0.6 is 0 Å². The van der Waals surface area contributed by atoms with Crippen LogP contribution in [-0.4, -0.2) is 11.1 Å². The molecule has 4 N–H and O–H groups in total. The summed E-state index contributed by atoms with van der Waals surface area (Å²) in [6.45, 7) is 0. The highest BCUT2D eigenvalue weighted by molar-refractivity contribution is 5.70. The number of aliphatic carboxylic acids is 1. The molecule has 0 saturated carbocycles. The Morgan fingerprint density at radius 3 is 2.25 bits per heavy atom. The molecular weight excluding hydrogens is 178 g/mol. The van der Waals surface area contributed by atoms with Crippen LogP contribution in [0, 0.1) is 0 Å². The standard InChI is InChI=1S/C8H9NO2.ClH/c9-7-3-1-6(2-4-7)5-8(10)11;/h1-4H,5,9H2,(H,10,11);1H. The minimum absolute atomic E-state index is 0. The van der Waals surface area contributed by atoms with E-state index in [1.54, 1.807) is 24.3 Å². The zero-order valence-electron chi connectivity index (χ0n) is 6.46. The number of halogens is 1. The topological polar surface area (TPSA) is 64.9 Å². The Labute approximate surface area is 76.6 Å². The minimum atomic E-state index is -0.804. The van der Waals surface area contributed by atoms with Gasteiger partial charge in [-0.1, -0.05) is 12.1 Å². The van der Waals surface area contributed by atoms with E-state index < -0.39 is 5.97 Å². The van der Waals surface area contributed by atoms with Gasteiger partial charge in [-0.25, -0.2) is 0 Å². The Bertz CT molecular complexity index is 258. The third-order valence-electron chi connectivity index (χ3n) is 1.38. The number of benzene rings is 1. The van der Waals surface area contributed by atoms with Crippen molar-refractivity contribution in [1.82, 2.24) is 0 Å². The number of carboxylic acid groups (broad SMARTS) is 1. The van der Waals surface area contributed by atoms with Crippen molar-refractivity contribution in [3.05, 3.63) is 29.8 Å². The van der Waals surface area contributed by atoms with Gasteiger partial charge in [0.1, 0.15) is 5.69 Å². The molecular formula is C8H10ClNO2. The Morgan fingerprint density at radius 2 is 1.83 bits per heavy atom. The van der Waals surface area contributed by atoms with Gasteiger partial charge >= 0.3 is 5.97 Å². The predicted molar refractivity (Wildman–Crippen MR) is 40.3 cm³/mol. The highest BCUT2D eigenvalue weighted by atomic mass is 35.5. The van der Waals surface area contributed by atoms with E-state index in [0.29, 0.717) is 0 Å². The van der Waals surface area contributed by atoms with E-state index >= 15 is 0 Å². The summed E-state index contributed by atoms with van der Waals surface area (Å²) >= 11 is 0. The van der Waals surface area contributed by atoms with Crippen molar-refractivity contribution in [2.75, 3.05) is 0 Å². The Kier molecular flexibility index (Phi) is 4.33. The molecule has 0 atom stereocenters. The summed E-state index contributed by atoms with van der Waals surface area (Å²) in [5, 5.41) is 8.42. The van der Waals surface area contributed by atoms with Crippen LogP contribution in [0.1, 0.15) is 5.56 Å². The van der Waals surface area contributed by atoms with Gasteiger partial charge in [-0.05, 0) is 17.7 Å². The fourth-order valence-electron chi connectivity index (χ4n) is 0.832. The number of hydrogen-bond donors (Lipinski definition) is 2. The van der Waals surface area contributed by atoms with Crippen LogP contribution in [0.25, 0.3) is 0 Å². The SMILES string of the molecule is [Cl-].[NH3+]c1ccc(CC(=O)O)cc1. The third-order valence-corrected chi connectivity index (χ3v) is 1.38. The van der Waals surface area contributed by atoms with Crippen molar-refractivity contribution < 1.29 is 28.0 Å². The Hall–Kier alpha value is -1.06. The molecule has 4 heteroatoms. The van der Waals surface area contributed by atoms with Crippen LogP contribution in [0.5, 0.6) is 0 Å². The van der Waals surface area contributed by atoms with Gasteiger partial charge in [-0.2, -0.15) is 0 Å². The smallest absolute Gasteiger partial charge is 0.307 e. The predicted octanol–water partition coefficient (Wildman–Crippen LogP) is -2.81. The summed E-state index contributed by atoms with van der Waals surface area (Å²) in [4.78, 5) is 10.2. The number of quaternary nitrogens is 1. The first kappa shape index (κ1) is 10.9. The summed E-state index contributed by atoms with van der Waals surface area (Å²) < 4.78 is 0. The second-order valence-corrected chi connectivity index (χ2v) is 2.39. The van der Waals surface area contributed by atoms with E-state index in [1.165, 1.54) is 0 Å². The quantitative estimate of drug-likeness (QED) is 0.525. The summed E-state index contributed by atoms with van der Waals surface area (Å²) in [6, 6.07) is 7.16. The van der Waals surface area contributed by atoms with E-state index in [9.17, 15) is 4.79 Å². The van der Waals surface area contributed by atoms with Gasteiger partial charge in [-0.15, -0.1) is 0 Å². The second kappa shape index (κ2) is 4.74. The maximum atomic E-state index is 10.2. The fraction of sp³-hybridized carbons (Fsp3) is 0.125. The van der Waals surface area contributed by atoms with Crippen molar-refractivity contribution in [2.45, 2.75) is 6.42 Å². The van der Waals surface area contributed by atoms with Crippen LogP contribution < -0.4 is 18.1 Å². The summed E-state index contributed by atoms with van der Waals surface area (Å²) in [6.07, 6.45) is 0.0836. The van der Waals surface area contributed by atoms with Gasteiger partial charge in [0.15, 0.2) is 0 Å². The van der Waals surface area contributed by atoms with Gasteiger partial charge in [0, 0.05) is 0 Å². The maximum Gasteiger partial charge on any atom is 0.307 e. The Morgan fingerprint density at radius 1 is 1.33 bits per heavy atom. The molecule has 0 bridgehead atoms. The zero-order chi connectivity index (χ0) is 8.27. The summed E-state index contributed by atoms with van der Waals surface area (Å²) in [5.74, 6) is -0.804. The number of hydrogen-bond acceptors (Lipinski definition) is 1. The fourth-order valence-corrected chi connectivity index (χ4v) is 0.832. The van der Waals surface area contributed by atoms with Crippen LogP contribution in [0.15, 0.2) is 24.3 Å². The van der Waals surface area contributed by atoms with E-state index in [2.05, 4.69) is 5.73 Å². The van der Waals surface area contributed by atoms with E-state index in [-0.39, 0.29) is 18.8 Å². The molecule has 0 unspecified atom stereocenters. The first-order valence-electron chi connectivity index (χ1n) is 3.31. The molecule has 0 amide bonds. The van der Waals surface area contributed by atoms with Crippen LogP contribution in [0.3, 0.4) is 0 Å². The molecule has 0 aliphatic rings. The van der Waals surface area contributed by atoms with Crippen molar-refractivity contribution in [1.29, 1.82) is 0 Å². The molecule has 0 radical (unpaired) electrons. The van der Waals surface area contributed by atoms with Gasteiger partial charge in [-0.3, -0.25) is 4.79 Å². The maximum absolute atomic E-state index is 10.2. The van der Waals surface area contributed by atoms with Gasteiger partial charge in [0.2, 0.25) is 0 Å². The average molecular weight is 188 g/mol. The molecule has 1 rings (SSSR count).